The Balaban J connectivity index is 0.000000269. The van der Waals surface area contributed by atoms with Crippen molar-refractivity contribution in [1.29, 1.82) is 0 Å². The van der Waals surface area contributed by atoms with Gasteiger partial charge >= 0.3 is 6.09 Å². The van der Waals surface area contributed by atoms with E-state index in [1.54, 1.807) is 6.07 Å². The first-order valence-electron chi connectivity index (χ1n) is 7.89. The Kier molecular flexibility index (Phi) is 6.65. The molecule has 2 amide bonds. The lowest BCUT2D eigenvalue weighted by Gasteiger charge is -2.19. The summed E-state index contributed by atoms with van der Waals surface area (Å²) >= 11 is 0. The van der Waals surface area contributed by atoms with Crippen molar-refractivity contribution in [3.8, 4) is 0 Å². The van der Waals surface area contributed by atoms with Crippen LogP contribution in [-0.2, 0) is 9.53 Å². The number of aryl methyl sites for hydroxylation is 1. The standard InChI is InChI=1S/C12H12FNO4.C7H8/c13-10-4-2-1-3-8(10)9(7-15)11(16)14-5-6-18-12(14)17;1-7-5-3-2-4-6-7/h1-4,9,15H,5-7H2;2-6H,1H3. The molecule has 3 rings (SSSR count). The van der Waals surface area contributed by atoms with Crippen LogP contribution in [0.3, 0.4) is 0 Å². The van der Waals surface area contributed by atoms with Crippen LogP contribution in [0, 0.1) is 12.7 Å². The number of imide groups is 1. The summed E-state index contributed by atoms with van der Waals surface area (Å²) in [6, 6.07) is 15.9. The van der Waals surface area contributed by atoms with Gasteiger partial charge in [-0.15, -0.1) is 0 Å². The van der Waals surface area contributed by atoms with E-state index in [1.165, 1.54) is 23.8 Å². The van der Waals surface area contributed by atoms with Gasteiger partial charge in [0, 0.05) is 5.56 Å². The molecule has 1 N–H and O–H groups in total. The maximum atomic E-state index is 13.6. The van der Waals surface area contributed by atoms with Gasteiger partial charge in [0.15, 0.2) is 0 Å². The zero-order valence-corrected chi connectivity index (χ0v) is 13.9. The first-order valence-corrected chi connectivity index (χ1v) is 7.89. The van der Waals surface area contributed by atoms with Gasteiger partial charge in [0.25, 0.3) is 0 Å². The van der Waals surface area contributed by atoms with Crippen molar-refractivity contribution in [2.45, 2.75) is 12.8 Å². The summed E-state index contributed by atoms with van der Waals surface area (Å²) in [6.07, 6.45) is -0.755. The lowest BCUT2D eigenvalue weighted by molar-refractivity contribution is -0.130. The number of aliphatic hydroxyl groups excluding tert-OH is 1. The molecule has 2 aromatic rings. The number of carbonyl (C=O) groups excluding carboxylic acids is 2. The molecule has 0 aromatic heterocycles. The summed E-state index contributed by atoms with van der Waals surface area (Å²) in [5, 5.41) is 9.25. The van der Waals surface area contributed by atoms with Crippen LogP contribution >= 0.6 is 0 Å². The minimum absolute atomic E-state index is 0.0738. The van der Waals surface area contributed by atoms with Crippen LogP contribution in [0.1, 0.15) is 17.0 Å². The number of hydrogen-bond donors (Lipinski definition) is 1. The van der Waals surface area contributed by atoms with E-state index in [2.05, 4.69) is 23.8 Å². The predicted octanol–water partition coefficient (Wildman–Crippen LogP) is 2.88. The van der Waals surface area contributed by atoms with Crippen molar-refractivity contribution in [2.75, 3.05) is 19.8 Å². The molecule has 0 radical (unpaired) electrons. The van der Waals surface area contributed by atoms with Gasteiger partial charge in [-0.1, -0.05) is 54.1 Å². The van der Waals surface area contributed by atoms with Gasteiger partial charge in [-0.3, -0.25) is 4.79 Å². The number of hydrogen-bond acceptors (Lipinski definition) is 4. The molecule has 0 aliphatic carbocycles. The first-order chi connectivity index (χ1) is 12.0. The number of ether oxygens (including phenoxy) is 1. The molecule has 1 heterocycles. The molecular weight excluding hydrogens is 325 g/mol. The van der Waals surface area contributed by atoms with Crippen molar-refractivity contribution < 1.29 is 23.8 Å². The van der Waals surface area contributed by atoms with Crippen LogP contribution in [0.5, 0.6) is 0 Å². The van der Waals surface area contributed by atoms with E-state index in [4.69, 9.17) is 0 Å². The zero-order valence-electron chi connectivity index (χ0n) is 13.9. The van der Waals surface area contributed by atoms with Crippen LogP contribution in [-0.4, -0.2) is 41.8 Å². The Labute approximate surface area is 145 Å². The average molecular weight is 345 g/mol. The Hall–Kier alpha value is -2.73. The van der Waals surface area contributed by atoms with E-state index in [0.29, 0.717) is 0 Å². The third-order valence-corrected chi connectivity index (χ3v) is 3.73. The number of aliphatic hydroxyl groups is 1. The molecule has 6 heteroatoms. The Morgan fingerprint density at radius 3 is 2.32 bits per heavy atom. The van der Waals surface area contributed by atoms with Crippen LogP contribution in [0.15, 0.2) is 54.6 Å². The molecule has 0 saturated carbocycles. The van der Waals surface area contributed by atoms with Crippen LogP contribution in [0.4, 0.5) is 9.18 Å². The fraction of sp³-hybridized carbons (Fsp3) is 0.263. The molecule has 0 bridgehead atoms. The van der Waals surface area contributed by atoms with Crippen molar-refractivity contribution in [3.63, 3.8) is 0 Å². The van der Waals surface area contributed by atoms with Crippen LogP contribution in [0.2, 0.25) is 0 Å². The summed E-state index contributed by atoms with van der Waals surface area (Å²) in [5.74, 6) is -2.32. The van der Waals surface area contributed by atoms with E-state index < -0.39 is 30.3 Å². The lowest BCUT2D eigenvalue weighted by atomic mass is 9.98. The highest BCUT2D eigenvalue weighted by molar-refractivity contribution is 5.96. The third-order valence-electron chi connectivity index (χ3n) is 3.73. The minimum Gasteiger partial charge on any atom is -0.447 e. The smallest absolute Gasteiger partial charge is 0.416 e. The molecule has 1 fully saturated rings. The van der Waals surface area contributed by atoms with Gasteiger partial charge in [0.05, 0.1) is 19.1 Å². The highest BCUT2D eigenvalue weighted by Gasteiger charge is 2.34. The molecule has 5 nitrogen and oxygen atoms in total. The van der Waals surface area contributed by atoms with Gasteiger partial charge in [-0.2, -0.15) is 0 Å². The Bertz CT molecular complexity index is 720. The molecule has 132 valence electrons. The topological polar surface area (TPSA) is 66.8 Å². The Morgan fingerprint density at radius 2 is 1.84 bits per heavy atom. The van der Waals surface area contributed by atoms with E-state index in [0.717, 1.165) is 4.90 Å². The SMILES string of the molecule is Cc1ccccc1.O=C1OCCN1C(=O)C(CO)c1ccccc1F. The molecule has 0 spiro atoms. The molecule has 1 aliphatic rings. The second kappa shape index (κ2) is 8.94. The van der Waals surface area contributed by atoms with Gasteiger partial charge in [-0.05, 0) is 13.0 Å². The quantitative estimate of drug-likeness (QED) is 0.929. The lowest BCUT2D eigenvalue weighted by Crippen LogP contribution is -2.37. The fourth-order valence-electron chi connectivity index (χ4n) is 2.38. The average Bonchev–Trinajstić information content (AvgIpc) is 3.04. The molecule has 1 saturated heterocycles. The van der Waals surface area contributed by atoms with Gasteiger partial charge in [0.2, 0.25) is 5.91 Å². The second-order valence-electron chi connectivity index (χ2n) is 5.52. The van der Waals surface area contributed by atoms with Gasteiger partial charge in [-0.25, -0.2) is 14.1 Å². The van der Waals surface area contributed by atoms with Gasteiger partial charge in [0.1, 0.15) is 12.4 Å². The molecule has 1 aliphatic heterocycles. The van der Waals surface area contributed by atoms with Crippen molar-refractivity contribution >= 4 is 12.0 Å². The summed E-state index contributed by atoms with van der Waals surface area (Å²) in [5.41, 5.74) is 1.40. The van der Waals surface area contributed by atoms with Crippen molar-refractivity contribution in [3.05, 3.63) is 71.5 Å². The van der Waals surface area contributed by atoms with Crippen LogP contribution < -0.4 is 0 Å². The number of rotatable bonds is 3. The van der Waals surface area contributed by atoms with E-state index in [-0.39, 0.29) is 18.7 Å². The molecule has 1 unspecified atom stereocenters. The maximum Gasteiger partial charge on any atom is 0.416 e. The largest absolute Gasteiger partial charge is 0.447 e. The van der Waals surface area contributed by atoms with Gasteiger partial charge < -0.3 is 9.84 Å². The predicted molar refractivity (Wildman–Crippen MR) is 90.5 cm³/mol. The molecular formula is C19H20FNO4. The van der Waals surface area contributed by atoms with E-state index in [9.17, 15) is 19.1 Å². The highest BCUT2D eigenvalue weighted by atomic mass is 19.1. The normalized spacial score (nSPS) is 14.4. The second-order valence-corrected chi connectivity index (χ2v) is 5.52. The molecule has 2 aromatic carbocycles. The first kappa shape index (κ1) is 18.6. The number of benzene rings is 2. The number of amides is 2. The Morgan fingerprint density at radius 1 is 1.20 bits per heavy atom. The van der Waals surface area contributed by atoms with Crippen molar-refractivity contribution in [2.24, 2.45) is 0 Å². The number of carbonyl (C=O) groups is 2. The summed E-state index contributed by atoms with van der Waals surface area (Å²) in [6.45, 7) is 1.77. The van der Waals surface area contributed by atoms with E-state index in [1.807, 2.05) is 18.2 Å². The van der Waals surface area contributed by atoms with Crippen molar-refractivity contribution in [1.82, 2.24) is 4.90 Å². The number of cyclic esters (lactones) is 1. The summed E-state index contributed by atoms with van der Waals surface area (Å²) in [4.78, 5) is 24.2. The minimum atomic E-state index is -1.09. The highest BCUT2D eigenvalue weighted by Crippen LogP contribution is 2.22. The monoisotopic (exact) mass is 345 g/mol. The number of halogens is 1. The maximum absolute atomic E-state index is 13.6. The zero-order chi connectivity index (χ0) is 18.2. The molecule has 25 heavy (non-hydrogen) atoms. The third kappa shape index (κ3) is 4.87. The number of nitrogens with zero attached hydrogens (tertiary/aromatic N) is 1. The fourth-order valence-corrected chi connectivity index (χ4v) is 2.38. The summed E-state index contributed by atoms with van der Waals surface area (Å²) in [7, 11) is 0. The van der Waals surface area contributed by atoms with E-state index >= 15 is 0 Å². The molecule has 1 atom stereocenters. The van der Waals surface area contributed by atoms with Crippen LogP contribution in [0.25, 0.3) is 0 Å². The summed E-state index contributed by atoms with van der Waals surface area (Å²) < 4.78 is 18.2.